The number of carboxylic acid groups (broad SMARTS) is 1. The molecule has 1 amide bonds. The average Bonchev–Trinajstić information content (AvgIpc) is 2.81. The lowest BCUT2D eigenvalue weighted by molar-refractivity contribution is -0.137. The van der Waals surface area contributed by atoms with Crippen LogP contribution in [0.4, 0.5) is 0 Å². The number of thiocarbonyl (C=S) groups is 1. The number of rotatable bonds is 7. The first kappa shape index (κ1) is 19.7. The molecule has 0 unspecified atom stereocenters. The van der Waals surface area contributed by atoms with Gasteiger partial charge in [0.1, 0.15) is 4.32 Å². The van der Waals surface area contributed by atoms with E-state index in [2.05, 4.69) is 15.9 Å². The number of hydrogen-bond acceptors (Lipinski definition) is 6. The van der Waals surface area contributed by atoms with E-state index in [4.69, 9.17) is 26.8 Å². The number of nitrogens with zero attached hydrogens (tertiary/aromatic N) is 1. The third kappa shape index (κ3) is 4.74. The second-order valence-electron chi connectivity index (χ2n) is 5.06. The topological polar surface area (TPSA) is 76.1 Å². The molecule has 6 nitrogen and oxygen atoms in total. The fraction of sp³-hybridized carbons (Fsp3) is 0.312. The van der Waals surface area contributed by atoms with Gasteiger partial charge in [0.05, 0.1) is 19.1 Å². The molecule has 25 heavy (non-hydrogen) atoms. The van der Waals surface area contributed by atoms with Gasteiger partial charge in [-0.25, -0.2) is 0 Å². The van der Waals surface area contributed by atoms with Gasteiger partial charge >= 0.3 is 5.97 Å². The van der Waals surface area contributed by atoms with E-state index >= 15 is 0 Å². The third-order valence-electron chi connectivity index (χ3n) is 3.40. The Morgan fingerprint density at radius 3 is 2.72 bits per heavy atom. The number of methoxy groups -OCH3 is 2. The summed E-state index contributed by atoms with van der Waals surface area (Å²) in [7, 11) is 3.07. The molecule has 2 rings (SSSR count). The van der Waals surface area contributed by atoms with Gasteiger partial charge in [0, 0.05) is 23.0 Å². The summed E-state index contributed by atoms with van der Waals surface area (Å²) in [5, 5.41) is 8.72. The van der Waals surface area contributed by atoms with E-state index in [-0.39, 0.29) is 18.9 Å². The van der Waals surface area contributed by atoms with Crippen LogP contribution in [0, 0.1) is 0 Å². The van der Waals surface area contributed by atoms with Crippen LogP contribution >= 0.6 is 39.9 Å². The van der Waals surface area contributed by atoms with Gasteiger partial charge in [-0.15, -0.1) is 0 Å². The van der Waals surface area contributed by atoms with Crippen molar-refractivity contribution in [2.24, 2.45) is 0 Å². The Labute approximate surface area is 163 Å². The molecule has 1 N–H and O–H groups in total. The van der Waals surface area contributed by atoms with Crippen molar-refractivity contribution in [2.45, 2.75) is 12.8 Å². The van der Waals surface area contributed by atoms with Crippen LogP contribution in [-0.4, -0.2) is 47.0 Å². The Morgan fingerprint density at radius 1 is 1.40 bits per heavy atom. The summed E-state index contributed by atoms with van der Waals surface area (Å²) in [6, 6.07) is 3.59. The maximum Gasteiger partial charge on any atom is 0.303 e. The lowest BCUT2D eigenvalue weighted by Gasteiger charge is -2.13. The van der Waals surface area contributed by atoms with E-state index in [0.717, 1.165) is 4.47 Å². The highest BCUT2D eigenvalue weighted by atomic mass is 79.9. The molecule has 0 spiro atoms. The fourth-order valence-corrected chi connectivity index (χ4v) is 4.04. The first-order chi connectivity index (χ1) is 11.9. The van der Waals surface area contributed by atoms with Crippen molar-refractivity contribution in [2.75, 3.05) is 20.8 Å². The van der Waals surface area contributed by atoms with E-state index < -0.39 is 5.97 Å². The molecule has 0 saturated carbocycles. The highest BCUT2D eigenvalue weighted by Crippen LogP contribution is 2.39. The molecule has 1 aromatic carbocycles. The molecule has 1 aliphatic heterocycles. The van der Waals surface area contributed by atoms with E-state index in [1.165, 1.54) is 30.9 Å². The van der Waals surface area contributed by atoms with Crippen LogP contribution in [-0.2, 0) is 9.59 Å². The Balaban J connectivity index is 2.27. The molecule has 9 heteroatoms. The molecular weight excluding hydrogens is 430 g/mol. The number of carbonyl (C=O) groups is 2. The van der Waals surface area contributed by atoms with Crippen LogP contribution in [0.25, 0.3) is 6.08 Å². The lowest BCUT2D eigenvalue weighted by Crippen LogP contribution is -2.29. The van der Waals surface area contributed by atoms with Crippen molar-refractivity contribution in [3.8, 4) is 11.5 Å². The lowest BCUT2D eigenvalue weighted by atomic mass is 10.1. The van der Waals surface area contributed by atoms with Gasteiger partial charge in [-0.1, -0.05) is 39.9 Å². The molecule has 0 atom stereocenters. The highest BCUT2D eigenvalue weighted by molar-refractivity contribution is 9.10. The molecule has 1 fully saturated rings. The summed E-state index contributed by atoms with van der Waals surface area (Å²) in [6.45, 7) is 0.285. The zero-order valence-electron chi connectivity index (χ0n) is 13.6. The summed E-state index contributed by atoms with van der Waals surface area (Å²) >= 11 is 9.83. The van der Waals surface area contributed by atoms with Crippen molar-refractivity contribution in [1.29, 1.82) is 0 Å². The average molecular weight is 446 g/mol. The van der Waals surface area contributed by atoms with Crippen LogP contribution in [0.1, 0.15) is 18.4 Å². The van der Waals surface area contributed by atoms with E-state index in [1.807, 2.05) is 6.07 Å². The Bertz CT molecular complexity index is 750. The van der Waals surface area contributed by atoms with Gasteiger partial charge in [-0.3, -0.25) is 14.5 Å². The molecule has 134 valence electrons. The number of ether oxygens (including phenoxy) is 2. The molecular formula is C16H16BrNO5S2. The second kappa shape index (κ2) is 8.68. The van der Waals surface area contributed by atoms with Crippen molar-refractivity contribution >= 4 is 62.2 Å². The maximum atomic E-state index is 12.6. The minimum absolute atomic E-state index is 0.00718. The van der Waals surface area contributed by atoms with Crippen molar-refractivity contribution < 1.29 is 24.2 Å². The zero-order chi connectivity index (χ0) is 18.6. The smallest absolute Gasteiger partial charge is 0.303 e. The first-order valence-electron chi connectivity index (χ1n) is 7.26. The summed E-state index contributed by atoms with van der Waals surface area (Å²) < 4.78 is 11.9. The predicted molar refractivity (Wildman–Crippen MR) is 104 cm³/mol. The van der Waals surface area contributed by atoms with Crippen molar-refractivity contribution in [3.63, 3.8) is 0 Å². The van der Waals surface area contributed by atoms with Crippen molar-refractivity contribution in [1.82, 2.24) is 4.90 Å². The number of halogens is 1. The molecule has 0 aromatic heterocycles. The first-order valence-corrected chi connectivity index (χ1v) is 9.27. The monoisotopic (exact) mass is 445 g/mol. The zero-order valence-corrected chi connectivity index (χ0v) is 16.8. The number of carbonyl (C=O) groups excluding carboxylic acids is 1. The van der Waals surface area contributed by atoms with E-state index in [9.17, 15) is 9.59 Å². The van der Waals surface area contributed by atoms with Gasteiger partial charge in [0.2, 0.25) is 0 Å². The van der Waals surface area contributed by atoms with Crippen molar-refractivity contribution in [3.05, 3.63) is 27.1 Å². The Morgan fingerprint density at radius 2 is 2.12 bits per heavy atom. The molecule has 1 heterocycles. The van der Waals surface area contributed by atoms with Crippen LogP contribution < -0.4 is 9.47 Å². The highest BCUT2D eigenvalue weighted by Gasteiger charge is 2.32. The van der Waals surface area contributed by atoms with E-state index in [1.54, 1.807) is 12.1 Å². The number of aliphatic carboxylic acids is 1. The Hall–Kier alpha value is -1.58. The second-order valence-corrected chi connectivity index (χ2v) is 7.65. The maximum absolute atomic E-state index is 12.6. The molecule has 0 bridgehead atoms. The number of amides is 1. The van der Waals surface area contributed by atoms with Crippen LogP contribution in [0.2, 0.25) is 0 Å². The van der Waals surface area contributed by atoms with Gasteiger partial charge in [-0.2, -0.15) is 0 Å². The van der Waals surface area contributed by atoms with Crippen LogP contribution in [0.3, 0.4) is 0 Å². The SMILES string of the molecule is COc1cc(Br)cc(/C=C2\SC(=S)N(CCCC(=O)O)C2=O)c1OC. The molecule has 1 aliphatic rings. The number of benzene rings is 1. The quantitative estimate of drug-likeness (QED) is 0.507. The summed E-state index contributed by atoms with van der Waals surface area (Å²) in [5.41, 5.74) is 0.680. The summed E-state index contributed by atoms with van der Waals surface area (Å²) in [6.07, 6.45) is 2.04. The van der Waals surface area contributed by atoms with Gasteiger partial charge in [0.15, 0.2) is 11.5 Å². The Kier molecular flexibility index (Phi) is 6.86. The molecule has 1 saturated heterocycles. The fourth-order valence-electron chi connectivity index (χ4n) is 2.29. The third-order valence-corrected chi connectivity index (χ3v) is 5.24. The minimum Gasteiger partial charge on any atom is -0.493 e. The number of carboxylic acids is 1. The minimum atomic E-state index is -0.896. The number of hydrogen-bond donors (Lipinski definition) is 1. The molecule has 0 radical (unpaired) electrons. The normalized spacial score (nSPS) is 15.8. The molecule has 0 aliphatic carbocycles. The van der Waals surface area contributed by atoms with Crippen LogP contribution in [0.15, 0.2) is 21.5 Å². The van der Waals surface area contributed by atoms with Gasteiger partial charge < -0.3 is 14.6 Å². The van der Waals surface area contributed by atoms with Crippen LogP contribution in [0.5, 0.6) is 11.5 Å². The number of thioether (sulfide) groups is 1. The standard InChI is InChI=1S/C16H16BrNO5S2/c1-22-11-8-10(17)6-9(14(11)23-2)7-12-15(21)18(16(24)25-12)5-3-4-13(19)20/h6-8H,3-5H2,1-2H3,(H,19,20)/b12-7-. The summed E-state index contributed by atoms with van der Waals surface area (Å²) in [4.78, 5) is 25.1. The van der Waals surface area contributed by atoms with Gasteiger partial charge in [-0.05, 0) is 24.6 Å². The molecule has 1 aromatic rings. The van der Waals surface area contributed by atoms with E-state index in [0.29, 0.717) is 32.7 Å². The summed E-state index contributed by atoms with van der Waals surface area (Å²) in [5.74, 6) is -0.0739. The largest absolute Gasteiger partial charge is 0.493 e. The predicted octanol–water partition coefficient (Wildman–Crippen LogP) is 3.53. The van der Waals surface area contributed by atoms with Gasteiger partial charge in [0.25, 0.3) is 5.91 Å².